The smallest absolute Gasteiger partial charge is 0.224 e. The van der Waals surface area contributed by atoms with Crippen LogP contribution in [0.25, 0.3) is 11.2 Å². The molecular formula is C23H26Cl3N7O2. The number of rotatable bonds is 6. The summed E-state index contributed by atoms with van der Waals surface area (Å²) in [6.45, 7) is 0. The van der Waals surface area contributed by atoms with Crippen molar-refractivity contribution in [3.8, 4) is 0 Å². The van der Waals surface area contributed by atoms with E-state index in [0.717, 1.165) is 25.7 Å². The Morgan fingerprint density at radius 2 is 1.77 bits per heavy atom. The normalized spacial score (nSPS) is 24.6. The minimum absolute atomic E-state index is 0.0407. The number of nitrogens with zero attached hydrogens (tertiary/aromatic N) is 4. The highest BCUT2D eigenvalue weighted by molar-refractivity contribution is 6.41. The van der Waals surface area contributed by atoms with Crippen LogP contribution in [0.4, 0.5) is 17.6 Å². The van der Waals surface area contributed by atoms with E-state index < -0.39 is 0 Å². The van der Waals surface area contributed by atoms with Crippen molar-refractivity contribution in [1.82, 2.24) is 19.5 Å². The molecule has 2 heterocycles. The van der Waals surface area contributed by atoms with Gasteiger partial charge in [-0.05, 0) is 57.1 Å². The first-order valence-corrected chi connectivity index (χ1v) is 12.8. The molecule has 0 saturated heterocycles. The van der Waals surface area contributed by atoms with Crippen LogP contribution in [0.1, 0.15) is 51.0 Å². The second kappa shape index (κ2) is 9.97. The number of hydrogen-bond donors (Lipinski definition) is 4. The number of primary amides is 1. The van der Waals surface area contributed by atoms with Gasteiger partial charge in [-0.25, -0.2) is 9.97 Å². The molecule has 0 unspecified atom stereocenters. The van der Waals surface area contributed by atoms with Gasteiger partial charge in [-0.15, -0.1) is 0 Å². The van der Waals surface area contributed by atoms with Gasteiger partial charge < -0.3 is 21.5 Å². The Bertz CT molecular complexity index is 1240. The van der Waals surface area contributed by atoms with Crippen molar-refractivity contribution >= 4 is 69.5 Å². The Labute approximate surface area is 217 Å². The molecule has 0 bridgehead atoms. The van der Waals surface area contributed by atoms with E-state index in [9.17, 15) is 9.90 Å². The number of amides is 1. The number of hydrogen-bond acceptors (Lipinski definition) is 7. The number of benzene rings is 1. The third-order valence-electron chi connectivity index (χ3n) is 6.88. The zero-order valence-electron chi connectivity index (χ0n) is 18.8. The summed E-state index contributed by atoms with van der Waals surface area (Å²) in [5, 5.41) is 17.6. The summed E-state index contributed by atoms with van der Waals surface area (Å²) < 4.78 is 2.03. The zero-order valence-corrected chi connectivity index (χ0v) is 21.1. The molecule has 186 valence electrons. The molecule has 2 aromatic heterocycles. The summed E-state index contributed by atoms with van der Waals surface area (Å²) in [5.74, 6) is 0.622. The van der Waals surface area contributed by atoms with Crippen molar-refractivity contribution in [3.05, 3.63) is 33.4 Å². The molecule has 0 radical (unpaired) electrons. The van der Waals surface area contributed by atoms with Crippen molar-refractivity contribution in [2.24, 2.45) is 11.7 Å². The second-order valence-corrected chi connectivity index (χ2v) is 10.5. The quantitative estimate of drug-likeness (QED) is 0.344. The Kier molecular flexibility index (Phi) is 6.94. The first-order chi connectivity index (χ1) is 16.8. The molecule has 2 aliphatic carbocycles. The van der Waals surface area contributed by atoms with Gasteiger partial charge in [0.05, 0.1) is 28.0 Å². The molecule has 2 atom stereocenters. The molecule has 9 nitrogen and oxygen atoms in total. The van der Waals surface area contributed by atoms with Crippen LogP contribution in [0, 0.1) is 5.92 Å². The molecule has 2 saturated carbocycles. The van der Waals surface area contributed by atoms with E-state index in [-0.39, 0.29) is 30.0 Å². The number of nitrogens with two attached hydrogens (primary N) is 1. The van der Waals surface area contributed by atoms with E-state index in [1.165, 1.54) is 0 Å². The van der Waals surface area contributed by atoms with Gasteiger partial charge in [-0.1, -0.05) is 34.8 Å². The van der Waals surface area contributed by atoms with Gasteiger partial charge in [0.2, 0.25) is 17.8 Å². The number of imidazole rings is 1. The Morgan fingerprint density at radius 1 is 1.06 bits per heavy atom. The predicted molar refractivity (Wildman–Crippen MR) is 138 cm³/mol. The van der Waals surface area contributed by atoms with Crippen LogP contribution in [0.2, 0.25) is 15.1 Å². The Morgan fingerprint density at radius 3 is 2.40 bits per heavy atom. The van der Waals surface area contributed by atoms with Crippen LogP contribution in [-0.2, 0) is 4.79 Å². The average molecular weight is 539 g/mol. The summed E-state index contributed by atoms with van der Waals surface area (Å²) in [5.41, 5.74) is 7.31. The second-order valence-electron chi connectivity index (χ2n) is 9.29. The minimum atomic E-state index is -0.299. The van der Waals surface area contributed by atoms with Crippen LogP contribution in [0.3, 0.4) is 0 Å². The van der Waals surface area contributed by atoms with E-state index in [2.05, 4.69) is 15.6 Å². The molecular weight excluding hydrogens is 513 g/mol. The SMILES string of the molecule is NC(=O)C1CCC(n2c(Nc3c(Cl)cc(Cl)cc3Cl)nc3cnc(N[C@H]4CC[C@H](O)C4)nc32)CC1. The standard InChI is InChI=1S/C23H26Cl3N7O2/c24-12-7-16(25)19(17(26)8-12)31-23-30-18-10-28-22(29-13-3-6-15(34)9-13)32-21(18)33(23)14-4-1-11(2-5-14)20(27)35/h7-8,10-11,13-15,34H,1-6,9H2,(H2,27,35)(H,30,31)(H,28,29,32)/t11?,13-,14?,15-/m0/s1. The molecule has 2 fully saturated rings. The van der Waals surface area contributed by atoms with Gasteiger partial charge in [0.25, 0.3) is 0 Å². The van der Waals surface area contributed by atoms with Crippen LogP contribution in [0.15, 0.2) is 18.3 Å². The highest BCUT2D eigenvalue weighted by Gasteiger charge is 2.30. The first kappa shape index (κ1) is 24.4. The Hall–Kier alpha value is -2.33. The molecule has 1 aromatic carbocycles. The lowest BCUT2D eigenvalue weighted by Gasteiger charge is -2.29. The molecule has 35 heavy (non-hydrogen) atoms. The molecule has 12 heteroatoms. The summed E-state index contributed by atoms with van der Waals surface area (Å²) in [6, 6.07) is 3.38. The lowest BCUT2D eigenvalue weighted by Crippen LogP contribution is -2.29. The highest BCUT2D eigenvalue weighted by atomic mass is 35.5. The fourth-order valence-electron chi connectivity index (χ4n) is 5.06. The molecule has 5 rings (SSSR count). The third-order valence-corrected chi connectivity index (χ3v) is 7.69. The number of halogens is 3. The molecule has 0 spiro atoms. The van der Waals surface area contributed by atoms with Gasteiger partial charge in [0.1, 0.15) is 5.52 Å². The van der Waals surface area contributed by atoms with Gasteiger partial charge in [0.15, 0.2) is 5.65 Å². The summed E-state index contributed by atoms with van der Waals surface area (Å²) >= 11 is 18.9. The number of carbonyl (C=O) groups is 1. The van der Waals surface area contributed by atoms with Gasteiger partial charge >= 0.3 is 0 Å². The third kappa shape index (κ3) is 5.14. The number of anilines is 3. The first-order valence-electron chi connectivity index (χ1n) is 11.7. The van der Waals surface area contributed by atoms with E-state index in [4.69, 9.17) is 50.5 Å². The van der Waals surface area contributed by atoms with Crippen LogP contribution in [-0.4, -0.2) is 42.7 Å². The van der Waals surface area contributed by atoms with Crippen LogP contribution >= 0.6 is 34.8 Å². The fraction of sp³-hybridized carbons (Fsp3) is 0.478. The maximum absolute atomic E-state index is 11.7. The van der Waals surface area contributed by atoms with E-state index in [1.54, 1.807) is 18.3 Å². The number of aliphatic hydroxyl groups is 1. The largest absolute Gasteiger partial charge is 0.393 e. The zero-order chi connectivity index (χ0) is 24.7. The highest BCUT2D eigenvalue weighted by Crippen LogP contribution is 2.40. The minimum Gasteiger partial charge on any atom is -0.393 e. The van der Waals surface area contributed by atoms with Gasteiger partial charge in [0, 0.05) is 23.0 Å². The summed E-state index contributed by atoms with van der Waals surface area (Å²) in [4.78, 5) is 25.7. The molecule has 5 N–H and O–H groups in total. The van der Waals surface area contributed by atoms with Crippen molar-refractivity contribution in [3.63, 3.8) is 0 Å². The van der Waals surface area contributed by atoms with Crippen LogP contribution < -0.4 is 16.4 Å². The van der Waals surface area contributed by atoms with E-state index >= 15 is 0 Å². The number of aromatic nitrogens is 4. The van der Waals surface area contributed by atoms with E-state index in [0.29, 0.717) is 63.1 Å². The van der Waals surface area contributed by atoms with Crippen molar-refractivity contribution in [2.75, 3.05) is 10.6 Å². The lowest BCUT2D eigenvalue weighted by molar-refractivity contribution is -0.122. The molecule has 3 aromatic rings. The fourth-order valence-corrected chi connectivity index (χ4v) is 5.97. The molecule has 2 aliphatic rings. The van der Waals surface area contributed by atoms with Crippen molar-refractivity contribution in [2.45, 2.75) is 63.1 Å². The van der Waals surface area contributed by atoms with Gasteiger partial charge in [-0.3, -0.25) is 9.36 Å². The maximum atomic E-state index is 11.7. The van der Waals surface area contributed by atoms with Crippen molar-refractivity contribution in [1.29, 1.82) is 0 Å². The van der Waals surface area contributed by atoms with Gasteiger partial charge in [-0.2, -0.15) is 4.98 Å². The van der Waals surface area contributed by atoms with Crippen molar-refractivity contribution < 1.29 is 9.90 Å². The monoisotopic (exact) mass is 537 g/mol. The maximum Gasteiger partial charge on any atom is 0.224 e. The predicted octanol–water partition coefficient (Wildman–Crippen LogP) is 5.07. The molecule has 0 aliphatic heterocycles. The lowest BCUT2D eigenvalue weighted by atomic mass is 9.85. The Balaban J connectivity index is 1.52. The topological polar surface area (TPSA) is 131 Å². The average Bonchev–Trinajstić information content (AvgIpc) is 3.38. The number of aliphatic hydroxyl groups excluding tert-OH is 1. The van der Waals surface area contributed by atoms with Crippen LogP contribution in [0.5, 0.6) is 0 Å². The number of nitrogens with one attached hydrogen (secondary N) is 2. The summed E-state index contributed by atoms with van der Waals surface area (Å²) in [6.07, 6.45) is 6.55. The molecule has 1 amide bonds. The summed E-state index contributed by atoms with van der Waals surface area (Å²) in [7, 11) is 0. The van der Waals surface area contributed by atoms with E-state index in [1.807, 2.05) is 4.57 Å². The number of carbonyl (C=O) groups excluding carboxylic acids is 1. The number of fused-ring (bicyclic) bond motifs is 1.